The van der Waals surface area contributed by atoms with Gasteiger partial charge < -0.3 is 14.6 Å². The Kier molecular flexibility index (Phi) is 5.02. The lowest BCUT2D eigenvalue weighted by Crippen LogP contribution is -1.98. The second kappa shape index (κ2) is 8.13. The number of ether oxygens (including phenoxy) is 1. The summed E-state index contributed by atoms with van der Waals surface area (Å²) in [5.41, 5.74) is 4.79. The Morgan fingerprint density at radius 3 is 2.48 bits per heavy atom. The van der Waals surface area contributed by atoms with Gasteiger partial charge in [-0.3, -0.25) is 0 Å². The second-order valence-corrected chi connectivity index (χ2v) is 7.47. The first kappa shape index (κ1) is 19.2. The van der Waals surface area contributed by atoms with E-state index < -0.39 is 0 Å². The molecule has 0 unspecified atom stereocenters. The molecule has 5 rings (SSSR count). The van der Waals surface area contributed by atoms with Crippen LogP contribution in [0.4, 0.5) is 11.5 Å². The number of methoxy groups -OCH3 is 1. The molecule has 0 amide bonds. The fraction of sp³-hybridized carbons (Fsp3) is 0.0400. The number of anilines is 2. The first-order chi connectivity index (χ1) is 15.2. The van der Waals surface area contributed by atoms with Gasteiger partial charge in [0.15, 0.2) is 5.65 Å². The first-order valence-corrected chi connectivity index (χ1v) is 10.2. The summed E-state index contributed by atoms with van der Waals surface area (Å²) in [4.78, 5) is 9.18. The highest BCUT2D eigenvalue weighted by Crippen LogP contribution is 2.36. The zero-order valence-corrected chi connectivity index (χ0v) is 17.5. The van der Waals surface area contributed by atoms with Crippen LogP contribution in [0.2, 0.25) is 5.02 Å². The molecule has 0 aliphatic heterocycles. The molecule has 5 aromatic rings. The minimum absolute atomic E-state index is 0.693. The monoisotopic (exact) mass is 426 g/mol. The minimum Gasteiger partial charge on any atom is -0.497 e. The second-order valence-electron chi connectivity index (χ2n) is 7.03. The maximum Gasteiger partial charge on any atom is 0.150 e. The molecule has 5 nitrogen and oxygen atoms in total. The summed E-state index contributed by atoms with van der Waals surface area (Å²) in [7, 11) is 1.65. The maximum atomic E-state index is 6.10. The van der Waals surface area contributed by atoms with Crippen molar-refractivity contribution in [1.82, 2.24) is 14.5 Å². The molecule has 0 aliphatic carbocycles. The van der Waals surface area contributed by atoms with Gasteiger partial charge in [0, 0.05) is 34.2 Å². The van der Waals surface area contributed by atoms with Gasteiger partial charge in [0.2, 0.25) is 0 Å². The highest BCUT2D eigenvalue weighted by Gasteiger charge is 2.17. The van der Waals surface area contributed by atoms with Crippen LogP contribution in [-0.2, 0) is 0 Å². The van der Waals surface area contributed by atoms with Crippen molar-refractivity contribution in [3.05, 3.63) is 96.4 Å². The van der Waals surface area contributed by atoms with Crippen LogP contribution in [-0.4, -0.2) is 21.6 Å². The largest absolute Gasteiger partial charge is 0.497 e. The summed E-state index contributed by atoms with van der Waals surface area (Å²) in [6.07, 6.45) is 3.67. The van der Waals surface area contributed by atoms with E-state index in [4.69, 9.17) is 16.3 Å². The van der Waals surface area contributed by atoms with Crippen LogP contribution in [0.5, 0.6) is 5.75 Å². The third-order valence-corrected chi connectivity index (χ3v) is 5.36. The average Bonchev–Trinajstić information content (AvgIpc) is 3.21. The highest BCUT2D eigenvalue weighted by molar-refractivity contribution is 6.30. The van der Waals surface area contributed by atoms with Gasteiger partial charge in [0.1, 0.15) is 17.9 Å². The van der Waals surface area contributed by atoms with Crippen molar-refractivity contribution >= 4 is 34.1 Å². The predicted molar refractivity (Wildman–Crippen MR) is 126 cm³/mol. The van der Waals surface area contributed by atoms with E-state index >= 15 is 0 Å². The number of nitrogens with one attached hydrogen (secondary N) is 1. The van der Waals surface area contributed by atoms with Crippen molar-refractivity contribution in [1.29, 1.82) is 0 Å². The molecule has 0 saturated carbocycles. The highest BCUT2D eigenvalue weighted by atomic mass is 35.5. The summed E-state index contributed by atoms with van der Waals surface area (Å²) in [5, 5.41) is 5.07. The number of hydrogen-bond acceptors (Lipinski definition) is 4. The van der Waals surface area contributed by atoms with Gasteiger partial charge in [0.25, 0.3) is 0 Å². The lowest BCUT2D eigenvalue weighted by atomic mass is 10.1. The van der Waals surface area contributed by atoms with Crippen LogP contribution < -0.4 is 10.1 Å². The number of nitrogens with zero attached hydrogens (tertiary/aromatic N) is 3. The van der Waals surface area contributed by atoms with Crippen LogP contribution in [0, 0.1) is 0 Å². The summed E-state index contributed by atoms with van der Waals surface area (Å²) >= 11 is 6.10. The molecule has 0 bridgehead atoms. The quantitative estimate of drug-likeness (QED) is 0.349. The molecule has 6 heteroatoms. The Bertz CT molecular complexity index is 1350. The predicted octanol–water partition coefficient (Wildman–Crippen LogP) is 6.49. The van der Waals surface area contributed by atoms with Crippen molar-refractivity contribution < 1.29 is 4.74 Å². The van der Waals surface area contributed by atoms with Crippen LogP contribution in [0.15, 0.2) is 91.4 Å². The Labute approximate surface area is 184 Å². The zero-order chi connectivity index (χ0) is 21.2. The number of fused-ring (bicyclic) bond motifs is 1. The van der Waals surface area contributed by atoms with Crippen LogP contribution in [0.25, 0.3) is 27.8 Å². The minimum atomic E-state index is 0.693. The fourth-order valence-corrected chi connectivity index (χ4v) is 3.76. The van der Waals surface area contributed by atoms with Gasteiger partial charge in [-0.1, -0.05) is 48.0 Å². The molecule has 31 heavy (non-hydrogen) atoms. The number of rotatable bonds is 5. The van der Waals surface area contributed by atoms with E-state index in [1.807, 2.05) is 66.7 Å². The van der Waals surface area contributed by atoms with Crippen LogP contribution in [0.3, 0.4) is 0 Å². The lowest BCUT2D eigenvalue weighted by Gasteiger charge is -2.10. The molecule has 0 fully saturated rings. The van der Waals surface area contributed by atoms with Gasteiger partial charge in [0.05, 0.1) is 12.5 Å². The third-order valence-electron chi connectivity index (χ3n) is 5.11. The Hall–Kier alpha value is -3.83. The van der Waals surface area contributed by atoms with E-state index in [0.29, 0.717) is 5.02 Å². The number of halogens is 1. The molecule has 152 valence electrons. The molecular formula is C25H19ClN4O. The molecule has 0 aliphatic rings. The van der Waals surface area contributed by atoms with Gasteiger partial charge in [-0.2, -0.15) is 0 Å². The standard InChI is InChI=1S/C25H19ClN4O/c1-31-21-9-5-8-19(14-21)29-24-23-22(17-6-3-2-4-7-17)15-30(25(23)28-16-27-24)20-12-10-18(26)11-13-20/h2-16H,1H3,(H,27,28,29). The normalized spacial score (nSPS) is 10.9. The van der Waals surface area contributed by atoms with E-state index in [0.717, 1.165) is 45.1 Å². The number of benzene rings is 3. The average molecular weight is 427 g/mol. The molecular weight excluding hydrogens is 408 g/mol. The van der Waals surface area contributed by atoms with E-state index in [9.17, 15) is 0 Å². The van der Waals surface area contributed by atoms with Crippen molar-refractivity contribution in [3.8, 4) is 22.6 Å². The van der Waals surface area contributed by atoms with Gasteiger partial charge >= 0.3 is 0 Å². The summed E-state index contributed by atoms with van der Waals surface area (Å²) < 4.78 is 7.42. The maximum absolute atomic E-state index is 6.10. The topological polar surface area (TPSA) is 52.0 Å². The van der Waals surface area contributed by atoms with Crippen LogP contribution in [0.1, 0.15) is 0 Å². The SMILES string of the molecule is COc1cccc(Nc2ncnc3c2c(-c2ccccc2)cn3-c2ccc(Cl)cc2)c1. The first-order valence-electron chi connectivity index (χ1n) is 9.81. The van der Waals surface area contributed by atoms with E-state index in [2.05, 4.69) is 38.2 Å². The van der Waals surface area contributed by atoms with E-state index in [1.165, 1.54) is 0 Å². The van der Waals surface area contributed by atoms with E-state index in [-0.39, 0.29) is 0 Å². The third kappa shape index (κ3) is 3.71. The van der Waals surface area contributed by atoms with Crippen molar-refractivity contribution in [2.75, 3.05) is 12.4 Å². The summed E-state index contributed by atoms with van der Waals surface area (Å²) in [5.74, 6) is 1.50. The molecule has 0 atom stereocenters. The Morgan fingerprint density at radius 1 is 0.903 bits per heavy atom. The zero-order valence-electron chi connectivity index (χ0n) is 16.8. The molecule has 3 aromatic carbocycles. The van der Waals surface area contributed by atoms with Crippen molar-refractivity contribution in [3.63, 3.8) is 0 Å². The molecule has 1 N–H and O–H groups in total. The Balaban J connectivity index is 1.72. The fourth-order valence-electron chi connectivity index (χ4n) is 3.63. The Morgan fingerprint density at radius 2 is 1.71 bits per heavy atom. The van der Waals surface area contributed by atoms with Gasteiger partial charge in [-0.05, 0) is 42.0 Å². The van der Waals surface area contributed by atoms with E-state index in [1.54, 1.807) is 13.4 Å². The number of hydrogen-bond donors (Lipinski definition) is 1. The molecule has 0 radical (unpaired) electrons. The smallest absolute Gasteiger partial charge is 0.150 e. The van der Waals surface area contributed by atoms with Gasteiger partial charge in [-0.25, -0.2) is 9.97 Å². The van der Waals surface area contributed by atoms with Crippen molar-refractivity contribution in [2.45, 2.75) is 0 Å². The summed E-state index contributed by atoms with van der Waals surface area (Å²) in [6, 6.07) is 25.7. The lowest BCUT2D eigenvalue weighted by molar-refractivity contribution is 0.415. The summed E-state index contributed by atoms with van der Waals surface area (Å²) in [6.45, 7) is 0. The molecule has 2 heterocycles. The van der Waals surface area contributed by atoms with Crippen LogP contribution >= 0.6 is 11.6 Å². The number of aromatic nitrogens is 3. The van der Waals surface area contributed by atoms with Gasteiger partial charge in [-0.15, -0.1) is 0 Å². The molecule has 0 spiro atoms. The van der Waals surface area contributed by atoms with Crippen molar-refractivity contribution in [2.24, 2.45) is 0 Å². The molecule has 2 aromatic heterocycles. The molecule has 0 saturated heterocycles.